The van der Waals surface area contributed by atoms with Gasteiger partial charge in [0.1, 0.15) is 16.8 Å². The first kappa shape index (κ1) is 19.4. The Morgan fingerprint density at radius 3 is 2.81 bits per heavy atom. The van der Waals surface area contributed by atoms with Crippen molar-refractivity contribution in [3.05, 3.63) is 42.6 Å². The number of carbonyl (C=O) groups is 1. The second-order valence-electron chi connectivity index (χ2n) is 8.32. The van der Waals surface area contributed by atoms with Crippen LogP contribution in [0.4, 0.5) is 10.7 Å². The number of piperidine rings is 1. The Bertz CT molecular complexity index is 1260. The highest BCUT2D eigenvalue weighted by molar-refractivity contribution is 5.99. The molecule has 5 rings (SSSR count). The summed E-state index contributed by atoms with van der Waals surface area (Å²) in [6.07, 6.45) is 3.03. The van der Waals surface area contributed by atoms with E-state index in [-0.39, 0.29) is 6.03 Å². The van der Waals surface area contributed by atoms with E-state index in [1.807, 2.05) is 24.4 Å². The van der Waals surface area contributed by atoms with Crippen molar-refractivity contribution in [2.45, 2.75) is 25.4 Å². The molecule has 2 amide bonds. The minimum atomic E-state index is -0.710. The van der Waals surface area contributed by atoms with Gasteiger partial charge in [-0.25, -0.2) is 9.78 Å². The summed E-state index contributed by atoms with van der Waals surface area (Å²) >= 11 is 0. The molecule has 160 valence electrons. The number of nitrogens with one attached hydrogen (secondary N) is 3. The highest BCUT2D eigenvalue weighted by atomic mass is 16.5. The summed E-state index contributed by atoms with van der Waals surface area (Å²) in [6.45, 7) is 2.81. The van der Waals surface area contributed by atoms with Gasteiger partial charge >= 0.3 is 6.03 Å². The van der Waals surface area contributed by atoms with Crippen molar-refractivity contribution in [2.24, 2.45) is 0 Å². The Kier molecular flexibility index (Phi) is 4.59. The standard InChI is InChI=1S/C23H25N5O3/c1-23(30)8-11-28(12-9-23)22(29)27-21-25-19-16(5-6-18(31-2)20(19)26-21)15-4-3-14-7-10-24-17(14)13-15/h3-7,10,13,24,30H,8-9,11-12H2,1-2H3,(H2,25,26,27,29). The van der Waals surface area contributed by atoms with Crippen LogP contribution in [0.5, 0.6) is 5.75 Å². The van der Waals surface area contributed by atoms with Crippen molar-refractivity contribution in [1.29, 1.82) is 0 Å². The molecular formula is C23H25N5O3. The number of ether oxygens (including phenoxy) is 1. The average molecular weight is 419 g/mol. The number of aliphatic hydroxyl groups is 1. The fourth-order valence-corrected chi connectivity index (χ4v) is 4.12. The fourth-order valence-electron chi connectivity index (χ4n) is 4.12. The predicted octanol–water partition coefficient (Wildman–Crippen LogP) is 4.10. The third-order valence-electron chi connectivity index (χ3n) is 6.05. The number of nitrogens with zero attached hydrogens (tertiary/aromatic N) is 2. The van der Waals surface area contributed by atoms with Crippen LogP contribution >= 0.6 is 0 Å². The molecule has 0 bridgehead atoms. The van der Waals surface area contributed by atoms with Crippen molar-refractivity contribution in [3.8, 4) is 16.9 Å². The number of likely N-dealkylation sites (tertiary alicyclic amines) is 1. The summed E-state index contributed by atoms with van der Waals surface area (Å²) in [4.78, 5) is 25.5. The van der Waals surface area contributed by atoms with Crippen molar-refractivity contribution >= 4 is 33.9 Å². The van der Waals surface area contributed by atoms with Crippen LogP contribution in [0.15, 0.2) is 42.6 Å². The van der Waals surface area contributed by atoms with Gasteiger partial charge in [0, 0.05) is 30.4 Å². The van der Waals surface area contributed by atoms with Crippen LogP contribution in [0.3, 0.4) is 0 Å². The number of carbonyl (C=O) groups excluding carboxylic acids is 1. The number of aromatic nitrogens is 3. The molecule has 1 aliphatic rings. The van der Waals surface area contributed by atoms with E-state index in [1.54, 1.807) is 18.9 Å². The Morgan fingerprint density at radius 1 is 1.23 bits per heavy atom. The Hall–Kier alpha value is -3.52. The normalized spacial score (nSPS) is 16.0. The van der Waals surface area contributed by atoms with Crippen LogP contribution in [0, 0.1) is 0 Å². The number of hydrogen-bond acceptors (Lipinski definition) is 4. The van der Waals surface area contributed by atoms with E-state index in [0.717, 1.165) is 33.1 Å². The van der Waals surface area contributed by atoms with Gasteiger partial charge in [-0.05, 0) is 55.0 Å². The van der Waals surface area contributed by atoms with E-state index in [1.165, 1.54) is 0 Å². The monoisotopic (exact) mass is 419 g/mol. The molecule has 0 saturated carbocycles. The first-order valence-electron chi connectivity index (χ1n) is 10.4. The molecule has 2 aromatic heterocycles. The Morgan fingerprint density at radius 2 is 2.03 bits per heavy atom. The molecular weight excluding hydrogens is 394 g/mol. The maximum absolute atomic E-state index is 12.7. The highest BCUT2D eigenvalue weighted by Gasteiger charge is 2.30. The molecule has 1 fully saturated rings. The quantitative estimate of drug-likeness (QED) is 0.401. The van der Waals surface area contributed by atoms with Crippen LogP contribution in [0.1, 0.15) is 19.8 Å². The molecule has 0 atom stereocenters. The zero-order chi connectivity index (χ0) is 21.6. The number of fused-ring (bicyclic) bond motifs is 2. The number of rotatable bonds is 3. The van der Waals surface area contributed by atoms with E-state index in [4.69, 9.17) is 4.74 Å². The second kappa shape index (κ2) is 7.31. The predicted molar refractivity (Wildman–Crippen MR) is 120 cm³/mol. The lowest BCUT2D eigenvalue weighted by Gasteiger charge is -2.35. The average Bonchev–Trinajstić information content (AvgIpc) is 3.39. The molecule has 3 heterocycles. The molecule has 4 N–H and O–H groups in total. The summed E-state index contributed by atoms with van der Waals surface area (Å²) in [5, 5.41) is 14.1. The van der Waals surface area contributed by atoms with Gasteiger partial charge in [0.2, 0.25) is 5.95 Å². The minimum Gasteiger partial charge on any atom is -0.494 e. The van der Waals surface area contributed by atoms with Gasteiger partial charge in [-0.3, -0.25) is 5.32 Å². The maximum Gasteiger partial charge on any atom is 0.324 e. The molecule has 0 unspecified atom stereocenters. The Balaban J connectivity index is 1.48. The number of anilines is 1. The SMILES string of the molecule is COc1ccc(-c2ccc3cc[nH]c3c2)c2nc(NC(=O)N3CCC(C)(O)CC3)[nH]c12. The van der Waals surface area contributed by atoms with Crippen LogP contribution in [-0.2, 0) is 0 Å². The first-order chi connectivity index (χ1) is 14.9. The van der Waals surface area contributed by atoms with Gasteiger partial charge in [-0.15, -0.1) is 0 Å². The van der Waals surface area contributed by atoms with Crippen LogP contribution in [-0.4, -0.2) is 56.8 Å². The first-order valence-corrected chi connectivity index (χ1v) is 10.4. The van der Waals surface area contributed by atoms with Crippen molar-refractivity contribution in [2.75, 3.05) is 25.5 Å². The second-order valence-corrected chi connectivity index (χ2v) is 8.32. The molecule has 0 aliphatic carbocycles. The highest BCUT2D eigenvalue weighted by Crippen LogP contribution is 2.35. The molecule has 2 aromatic carbocycles. The van der Waals surface area contributed by atoms with Crippen molar-refractivity contribution < 1.29 is 14.6 Å². The van der Waals surface area contributed by atoms with Crippen LogP contribution < -0.4 is 10.1 Å². The summed E-state index contributed by atoms with van der Waals surface area (Å²) in [7, 11) is 1.61. The molecule has 1 aliphatic heterocycles. The number of amides is 2. The molecule has 8 nitrogen and oxygen atoms in total. The molecule has 0 spiro atoms. The summed E-state index contributed by atoms with van der Waals surface area (Å²) in [5.41, 5.74) is 3.75. The van der Waals surface area contributed by atoms with Gasteiger partial charge < -0.3 is 24.7 Å². The van der Waals surface area contributed by atoms with Gasteiger partial charge in [0.25, 0.3) is 0 Å². The fraction of sp³-hybridized carbons (Fsp3) is 0.304. The van der Waals surface area contributed by atoms with Gasteiger partial charge in [0.05, 0.1) is 12.7 Å². The van der Waals surface area contributed by atoms with Crippen LogP contribution in [0.2, 0.25) is 0 Å². The molecule has 8 heteroatoms. The zero-order valence-corrected chi connectivity index (χ0v) is 17.5. The number of H-pyrrole nitrogens is 2. The van der Waals surface area contributed by atoms with E-state index < -0.39 is 5.60 Å². The molecule has 31 heavy (non-hydrogen) atoms. The number of methoxy groups -OCH3 is 1. The smallest absolute Gasteiger partial charge is 0.324 e. The zero-order valence-electron chi connectivity index (χ0n) is 17.5. The number of imidazole rings is 1. The van der Waals surface area contributed by atoms with E-state index in [0.29, 0.717) is 37.6 Å². The maximum atomic E-state index is 12.7. The minimum absolute atomic E-state index is 0.233. The van der Waals surface area contributed by atoms with Gasteiger partial charge in [-0.1, -0.05) is 12.1 Å². The van der Waals surface area contributed by atoms with Gasteiger partial charge in [-0.2, -0.15) is 0 Å². The van der Waals surface area contributed by atoms with E-state index in [2.05, 4.69) is 38.5 Å². The van der Waals surface area contributed by atoms with Crippen molar-refractivity contribution in [3.63, 3.8) is 0 Å². The Labute approximate surface area is 179 Å². The third-order valence-corrected chi connectivity index (χ3v) is 6.05. The van der Waals surface area contributed by atoms with Crippen LogP contribution in [0.25, 0.3) is 33.1 Å². The lowest BCUT2D eigenvalue weighted by atomic mass is 9.94. The topological polar surface area (TPSA) is 106 Å². The van der Waals surface area contributed by atoms with Crippen molar-refractivity contribution in [1.82, 2.24) is 19.9 Å². The summed E-state index contributed by atoms with van der Waals surface area (Å²) in [5.74, 6) is 1.02. The largest absolute Gasteiger partial charge is 0.494 e. The number of aromatic amines is 2. The number of urea groups is 1. The van der Waals surface area contributed by atoms with E-state index in [9.17, 15) is 9.90 Å². The lowest BCUT2D eigenvalue weighted by Crippen LogP contribution is -2.46. The third kappa shape index (κ3) is 3.59. The molecule has 1 saturated heterocycles. The van der Waals surface area contributed by atoms with Gasteiger partial charge in [0.15, 0.2) is 0 Å². The van der Waals surface area contributed by atoms with E-state index >= 15 is 0 Å². The number of hydrogen-bond donors (Lipinski definition) is 4. The summed E-state index contributed by atoms with van der Waals surface area (Å²) in [6, 6.07) is 11.9. The molecule has 0 radical (unpaired) electrons. The number of benzene rings is 2. The summed E-state index contributed by atoms with van der Waals surface area (Å²) < 4.78 is 5.51. The molecule has 4 aromatic rings. The lowest BCUT2D eigenvalue weighted by molar-refractivity contribution is 0.00569.